The molecular weight excluding hydrogens is 331 g/mol. The highest BCUT2D eigenvalue weighted by Gasteiger charge is 2.40. The molecule has 0 bridgehead atoms. The van der Waals surface area contributed by atoms with Crippen LogP contribution in [-0.2, 0) is 12.7 Å². The minimum Gasteiger partial charge on any atom is -0.392 e. The monoisotopic (exact) mass is 353 g/mol. The van der Waals surface area contributed by atoms with Gasteiger partial charge in [0, 0.05) is 31.0 Å². The van der Waals surface area contributed by atoms with Gasteiger partial charge in [-0.15, -0.1) is 0 Å². The molecule has 1 fully saturated rings. The van der Waals surface area contributed by atoms with Gasteiger partial charge in [0.15, 0.2) is 0 Å². The van der Waals surface area contributed by atoms with Gasteiger partial charge in [0.25, 0.3) is 0 Å². The van der Waals surface area contributed by atoms with Crippen molar-refractivity contribution in [2.75, 3.05) is 6.54 Å². The van der Waals surface area contributed by atoms with Crippen LogP contribution in [0.15, 0.2) is 36.7 Å². The van der Waals surface area contributed by atoms with Crippen LogP contribution < -0.4 is 0 Å². The maximum Gasteiger partial charge on any atom is 0.416 e. The Morgan fingerprint density at radius 2 is 2.00 bits per heavy atom. The number of hydrogen-bond acceptors (Lipinski definition) is 3. The molecule has 1 saturated heterocycles. The van der Waals surface area contributed by atoms with E-state index in [1.54, 1.807) is 12.3 Å². The molecule has 2 aromatic rings. The Balaban J connectivity index is 1.92. The zero-order chi connectivity index (χ0) is 18.2. The molecule has 0 amide bonds. The molecule has 7 heteroatoms. The van der Waals surface area contributed by atoms with E-state index in [1.165, 1.54) is 12.1 Å². The predicted octanol–water partition coefficient (Wildman–Crippen LogP) is 3.79. The van der Waals surface area contributed by atoms with Gasteiger partial charge in [0.2, 0.25) is 0 Å². The second-order valence-corrected chi connectivity index (χ2v) is 6.76. The number of rotatable bonds is 4. The zero-order valence-electron chi connectivity index (χ0n) is 14.2. The Hall–Kier alpha value is -1.86. The fraction of sp³-hybridized carbons (Fsp3) is 0.500. The van der Waals surface area contributed by atoms with Gasteiger partial charge >= 0.3 is 6.18 Å². The van der Waals surface area contributed by atoms with E-state index in [2.05, 4.69) is 4.98 Å². The summed E-state index contributed by atoms with van der Waals surface area (Å²) in [4.78, 5) is 6.23. The molecule has 0 radical (unpaired) electrons. The van der Waals surface area contributed by atoms with Crippen molar-refractivity contribution in [1.29, 1.82) is 0 Å². The number of aliphatic hydroxyl groups excluding tert-OH is 1. The summed E-state index contributed by atoms with van der Waals surface area (Å²) in [6.07, 6.45) is -1.21. The number of nitrogens with zero attached hydrogens (tertiary/aromatic N) is 3. The highest BCUT2D eigenvalue weighted by atomic mass is 19.4. The number of hydrogen-bond donors (Lipinski definition) is 1. The van der Waals surface area contributed by atoms with E-state index in [-0.39, 0.29) is 18.0 Å². The third kappa shape index (κ3) is 3.72. The van der Waals surface area contributed by atoms with Crippen molar-refractivity contribution in [3.8, 4) is 0 Å². The number of benzene rings is 1. The largest absolute Gasteiger partial charge is 0.416 e. The van der Waals surface area contributed by atoms with Gasteiger partial charge in [-0.25, -0.2) is 4.98 Å². The Labute approximate surface area is 144 Å². The molecule has 3 rings (SSSR count). The number of alkyl halides is 3. The minimum atomic E-state index is -4.41. The summed E-state index contributed by atoms with van der Waals surface area (Å²) < 4.78 is 42.1. The fourth-order valence-corrected chi connectivity index (χ4v) is 3.54. The van der Waals surface area contributed by atoms with Crippen LogP contribution in [-0.4, -0.2) is 32.2 Å². The molecule has 1 aliphatic heterocycles. The fourth-order valence-electron chi connectivity index (χ4n) is 3.54. The normalized spacial score (nSPS) is 22.0. The second-order valence-electron chi connectivity index (χ2n) is 6.76. The first-order valence-corrected chi connectivity index (χ1v) is 8.37. The van der Waals surface area contributed by atoms with E-state index in [0.717, 1.165) is 11.9 Å². The van der Waals surface area contributed by atoms with Crippen molar-refractivity contribution in [2.24, 2.45) is 0 Å². The van der Waals surface area contributed by atoms with Gasteiger partial charge in [-0.2, -0.15) is 13.2 Å². The third-order valence-corrected chi connectivity index (χ3v) is 4.66. The number of halogens is 3. The molecule has 4 nitrogen and oxygen atoms in total. The highest BCUT2D eigenvalue weighted by molar-refractivity contribution is 5.33. The number of aliphatic hydroxyl groups is 1. The second kappa shape index (κ2) is 6.80. The Morgan fingerprint density at radius 1 is 1.28 bits per heavy atom. The summed E-state index contributed by atoms with van der Waals surface area (Å²) in [6.45, 7) is 4.79. The maximum atomic E-state index is 13.4. The van der Waals surface area contributed by atoms with E-state index in [1.807, 2.05) is 29.5 Å². The van der Waals surface area contributed by atoms with E-state index >= 15 is 0 Å². The molecule has 136 valence electrons. The molecular formula is C18H22F3N3O. The number of aromatic nitrogens is 2. The van der Waals surface area contributed by atoms with Crippen LogP contribution in [0, 0.1) is 0 Å². The standard InChI is InChI=1S/C18H22F3N3O/c1-12(2)24-8-7-22-17(24)11-23-10-13(25)9-16(23)14-5-3-4-6-15(14)18(19,20)21/h3-8,12-13,16,25H,9-11H2,1-2H3/t13-,16+/m1/s1. The summed E-state index contributed by atoms with van der Waals surface area (Å²) >= 11 is 0. The van der Waals surface area contributed by atoms with Crippen molar-refractivity contribution in [3.05, 3.63) is 53.6 Å². The van der Waals surface area contributed by atoms with Crippen LogP contribution in [0.3, 0.4) is 0 Å². The van der Waals surface area contributed by atoms with Gasteiger partial charge < -0.3 is 9.67 Å². The lowest BCUT2D eigenvalue weighted by molar-refractivity contribution is -0.138. The number of likely N-dealkylation sites (tertiary alicyclic amines) is 1. The molecule has 1 aromatic carbocycles. The Kier molecular flexibility index (Phi) is 4.88. The highest BCUT2D eigenvalue weighted by Crippen LogP contribution is 2.40. The van der Waals surface area contributed by atoms with Crippen molar-refractivity contribution >= 4 is 0 Å². The molecule has 2 heterocycles. The van der Waals surface area contributed by atoms with Crippen LogP contribution in [0.25, 0.3) is 0 Å². The molecule has 1 aliphatic rings. The van der Waals surface area contributed by atoms with Crippen molar-refractivity contribution in [2.45, 2.75) is 51.2 Å². The van der Waals surface area contributed by atoms with E-state index in [9.17, 15) is 18.3 Å². The van der Waals surface area contributed by atoms with Crippen LogP contribution in [0.4, 0.5) is 13.2 Å². The SMILES string of the molecule is CC(C)n1ccnc1CN1C[C@H](O)C[C@H]1c1ccccc1C(F)(F)F. The van der Waals surface area contributed by atoms with Gasteiger partial charge in [-0.05, 0) is 31.9 Å². The lowest BCUT2D eigenvalue weighted by Crippen LogP contribution is -2.27. The average Bonchev–Trinajstić information content (AvgIpc) is 3.13. The zero-order valence-corrected chi connectivity index (χ0v) is 14.2. The summed E-state index contributed by atoms with van der Waals surface area (Å²) in [7, 11) is 0. The minimum absolute atomic E-state index is 0.214. The number of β-amino-alcohol motifs (C(OH)–C–C–N with tert-alkyl or cyclic N) is 1. The molecule has 2 atom stereocenters. The van der Waals surface area contributed by atoms with E-state index in [0.29, 0.717) is 13.1 Å². The summed E-state index contributed by atoms with van der Waals surface area (Å²) in [5.74, 6) is 0.790. The third-order valence-electron chi connectivity index (χ3n) is 4.66. The van der Waals surface area contributed by atoms with Crippen LogP contribution in [0.2, 0.25) is 0 Å². The molecule has 0 spiro atoms. The quantitative estimate of drug-likeness (QED) is 0.909. The van der Waals surface area contributed by atoms with Crippen LogP contribution >= 0.6 is 0 Å². The molecule has 0 aliphatic carbocycles. The van der Waals surface area contributed by atoms with Crippen LogP contribution in [0.1, 0.15) is 49.3 Å². The first-order valence-electron chi connectivity index (χ1n) is 8.37. The summed E-state index contributed by atoms with van der Waals surface area (Å²) in [5.41, 5.74) is -0.416. The lowest BCUT2D eigenvalue weighted by Gasteiger charge is -2.27. The average molecular weight is 353 g/mol. The predicted molar refractivity (Wildman–Crippen MR) is 87.8 cm³/mol. The Bertz CT molecular complexity index is 726. The lowest BCUT2D eigenvalue weighted by atomic mass is 9.97. The Morgan fingerprint density at radius 3 is 2.68 bits per heavy atom. The van der Waals surface area contributed by atoms with Crippen molar-refractivity contribution in [1.82, 2.24) is 14.5 Å². The first-order chi connectivity index (χ1) is 11.8. The van der Waals surface area contributed by atoms with Crippen LogP contribution in [0.5, 0.6) is 0 Å². The summed E-state index contributed by atoms with van der Waals surface area (Å²) in [6, 6.07) is 5.35. The van der Waals surface area contributed by atoms with Crippen molar-refractivity contribution < 1.29 is 18.3 Å². The first kappa shape index (κ1) is 17.9. The molecule has 25 heavy (non-hydrogen) atoms. The molecule has 0 unspecified atom stereocenters. The van der Waals surface area contributed by atoms with Gasteiger partial charge in [-0.3, -0.25) is 4.90 Å². The topological polar surface area (TPSA) is 41.3 Å². The summed E-state index contributed by atoms with van der Waals surface area (Å²) in [5, 5.41) is 10.1. The van der Waals surface area contributed by atoms with E-state index < -0.39 is 23.9 Å². The van der Waals surface area contributed by atoms with Gasteiger partial charge in [0.05, 0.1) is 18.2 Å². The molecule has 0 saturated carbocycles. The van der Waals surface area contributed by atoms with Gasteiger partial charge in [-0.1, -0.05) is 18.2 Å². The maximum absolute atomic E-state index is 13.4. The van der Waals surface area contributed by atoms with E-state index in [4.69, 9.17) is 0 Å². The molecule has 1 N–H and O–H groups in total. The van der Waals surface area contributed by atoms with Gasteiger partial charge in [0.1, 0.15) is 5.82 Å². The molecule has 1 aromatic heterocycles. The van der Waals surface area contributed by atoms with Crippen molar-refractivity contribution in [3.63, 3.8) is 0 Å². The number of imidazole rings is 1. The smallest absolute Gasteiger partial charge is 0.392 e.